The molecule has 0 saturated heterocycles. The first-order valence-electron chi connectivity index (χ1n) is 23.9. The van der Waals surface area contributed by atoms with Gasteiger partial charge >= 0.3 is 0 Å². The summed E-state index contributed by atoms with van der Waals surface area (Å²) in [7, 11) is 0. The monoisotopic (exact) mass is 601 g/mol. The summed E-state index contributed by atoms with van der Waals surface area (Å²) in [5.41, 5.74) is -0.793. The van der Waals surface area contributed by atoms with Gasteiger partial charge in [-0.3, -0.25) is 0 Å². The highest BCUT2D eigenvalue weighted by atomic mass is 14.2. The van der Waals surface area contributed by atoms with E-state index in [1.54, 1.807) is 18.2 Å². The molecule has 0 bridgehead atoms. The lowest BCUT2D eigenvalue weighted by molar-refractivity contribution is 1.62. The molecule has 0 aromatic heterocycles. The van der Waals surface area contributed by atoms with Crippen molar-refractivity contribution in [3.63, 3.8) is 0 Å². The topological polar surface area (TPSA) is 0 Å². The van der Waals surface area contributed by atoms with Crippen molar-refractivity contribution in [2.24, 2.45) is 0 Å². The molecular formula is C46H30. The van der Waals surface area contributed by atoms with Crippen molar-refractivity contribution in [3.8, 4) is 44.5 Å². The van der Waals surface area contributed by atoms with Crippen LogP contribution in [0.5, 0.6) is 0 Å². The van der Waals surface area contributed by atoms with E-state index in [1.165, 1.54) is 0 Å². The Labute approximate surface area is 295 Å². The summed E-state index contributed by atoms with van der Waals surface area (Å²) in [6.45, 7) is 0. The molecule has 46 heavy (non-hydrogen) atoms. The lowest BCUT2D eigenvalue weighted by Gasteiger charge is -2.19. The summed E-state index contributed by atoms with van der Waals surface area (Å²) < 4.78 is 171. The van der Waals surface area contributed by atoms with Gasteiger partial charge in [-0.05, 0) is 106 Å². The summed E-state index contributed by atoms with van der Waals surface area (Å²) in [6.07, 6.45) is 0. The minimum Gasteiger partial charge on any atom is -0.0622 e. The molecule has 0 unspecified atom stereocenters. The molecule has 0 fully saturated rings. The Kier molecular flexibility index (Phi) is 3.21. The highest BCUT2D eigenvalue weighted by Crippen LogP contribution is 2.46. The first-order chi connectivity index (χ1) is 30.7. The van der Waals surface area contributed by atoms with Crippen molar-refractivity contribution in [3.05, 3.63) is 182 Å². The van der Waals surface area contributed by atoms with E-state index in [9.17, 15) is 9.60 Å². The zero-order valence-electron chi connectivity index (χ0n) is 42.9. The third-order valence-electron chi connectivity index (χ3n) is 8.00. The molecule has 9 aromatic carbocycles. The van der Waals surface area contributed by atoms with Crippen LogP contribution in [0, 0.1) is 0 Å². The Morgan fingerprint density at radius 2 is 0.978 bits per heavy atom. The molecule has 0 heterocycles. The van der Waals surface area contributed by atoms with Crippen LogP contribution in [0.2, 0.25) is 0 Å². The molecule has 0 amide bonds. The van der Waals surface area contributed by atoms with Crippen molar-refractivity contribution in [1.82, 2.24) is 0 Å². The van der Waals surface area contributed by atoms with Crippen molar-refractivity contribution in [2.45, 2.75) is 0 Å². The van der Waals surface area contributed by atoms with Crippen LogP contribution in [0.25, 0.3) is 87.6 Å². The Morgan fingerprint density at radius 1 is 0.326 bits per heavy atom. The van der Waals surface area contributed by atoms with Gasteiger partial charge in [0.15, 0.2) is 0 Å². The third kappa shape index (κ3) is 4.38. The first-order valence-corrected chi connectivity index (χ1v) is 14.4. The molecule has 0 aliphatic carbocycles. The molecule has 0 N–H and O–H groups in total. The molecule has 0 aliphatic rings. The molecule has 0 aliphatic heterocycles. The molecule has 0 nitrogen and oxygen atoms in total. The van der Waals surface area contributed by atoms with Gasteiger partial charge in [0.2, 0.25) is 0 Å². The number of hydrogen-bond donors (Lipinski definition) is 0. The predicted octanol–water partition coefficient (Wildman–Crippen LogP) is 13.0. The Balaban J connectivity index is 1.60. The third-order valence-corrected chi connectivity index (χ3v) is 8.00. The van der Waals surface area contributed by atoms with Gasteiger partial charge in [0.05, 0.1) is 26.0 Å². The number of hydrogen-bond acceptors (Lipinski definition) is 0. The van der Waals surface area contributed by atoms with Crippen molar-refractivity contribution in [1.29, 1.82) is 0 Å². The molecule has 0 radical (unpaired) electrons. The van der Waals surface area contributed by atoms with E-state index < -0.39 is 159 Å². The molecule has 0 saturated carbocycles. The summed E-state index contributed by atoms with van der Waals surface area (Å²) in [6, 6.07) is 5.56. The predicted molar refractivity (Wildman–Crippen MR) is 198 cm³/mol. The van der Waals surface area contributed by atoms with Crippen LogP contribution in [-0.2, 0) is 0 Å². The van der Waals surface area contributed by atoms with Crippen LogP contribution in [0.3, 0.4) is 0 Å². The SMILES string of the molecule is [2H]c1c([2H])c([2H])c(-c2c([2H])c([2H])c3c(-c4cccc(-c5cccc6ccccc56)c4)c4c([2H])c([2H])c([2H])c([2H])c4c(-c4c([2H])c([2H])c5c([2H])c([2H])c([2H])c([2H])c5c4[2H])c3c2[2H])c([2H])c1[2H]. The van der Waals surface area contributed by atoms with Gasteiger partial charge in [0.25, 0.3) is 0 Å². The minimum absolute atomic E-state index is 0.0701. The Hall–Kier alpha value is -5.98. The largest absolute Gasteiger partial charge is 0.0636 e. The lowest BCUT2D eigenvalue weighted by atomic mass is 9.84. The summed E-state index contributed by atoms with van der Waals surface area (Å²) in [5.74, 6) is 0. The van der Waals surface area contributed by atoms with Crippen LogP contribution in [0.15, 0.2) is 182 Å². The van der Waals surface area contributed by atoms with Gasteiger partial charge < -0.3 is 0 Å². The molecule has 9 aromatic rings. The fraction of sp³-hybridized carbons (Fsp3) is 0. The van der Waals surface area contributed by atoms with E-state index >= 15 is 0 Å². The second-order valence-electron chi connectivity index (χ2n) is 10.6. The maximum Gasteiger partial charge on any atom is 0.0636 e. The Morgan fingerprint density at radius 3 is 1.85 bits per heavy atom. The van der Waals surface area contributed by atoms with Gasteiger partial charge in [-0.15, -0.1) is 0 Å². The van der Waals surface area contributed by atoms with Gasteiger partial charge in [0, 0.05) is 0 Å². The van der Waals surface area contributed by atoms with E-state index in [-0.39, 0.29) is 21.9 Å². The molecule has 0 heteroatoms. The number of fused-ring (bicyclic) bond motifs is 4. The summed E-state index contributed by atoms with van der Waals surface area (Å²) in [5, 5.41) is -0.629. The van der Waals surface area contributed by atoms with Gasteiger partial charge in [0.1, 0.15) is 0 Å². The van der Waals surface area contributed by atoms with Crippen LogP contribution in [0.1, 0.15) is 26.0 Å². The van der Waals surface area contributed by atoms with Crippen molar-refractivity contribution in [2.75, 3.05) is 0 Å². The maximum atomic E-state index is 9.99. The van der Waals surface area contributed by atoms with E-state index in [0.29, 0.717) is 5.56 Å². The average molecular weight is 602 g/mol. The number of benzene rings is 9. The normalized spacial score (nSPS) is 17.3. The molecular weight excluding hydrogens is 553 g/mol. The fourth-order valence-corrected chi connectivity index (χ4v) is 5.98. The van der Waals surface area contributed by atoms with E-state index in [0.717, 1.165) is 16.3 Å². The zero-order valence-corrected chi connectivity index (χ0v) is 23.9. The van der Waals surface area contributed by atoms with E-state index in [4.69, 9.17) is 16.4 Å². The highest BCUT2D eigenvalue weighted by Gasteiger charge is 2.18. The van der Waals surface area contributed by atoms with Crippen LogP contribution >= 0.6 is 0 Å². The Bertz CT molecular complexity index is 3620. The summed E-state index contributed by atoms with van der Waals surface area (Å²) in [4.78, 5) is 0. The van der Waals surface area contributed by atoms with E-state index in [2.05, 4.69) is 0 Å². The van der Waals surface area contributed by atoms with Crippen LogP contribution in [0.4, 0.5) is 0 Å². The van der Waals surface area contributed by atoms with Crippen LogP contribution < -0.4 is 0 Å². The maximum absolute atomic E-state index is 9.99. The van der Waals surface area contributed by atoms with Crippen LogP contribution in [-0.4, -0.2) is 0 Å². The lowest BCUT2D eigenvalue weighted by Crippen LogP contribution is -1.92. The van der Waals surface area contributed by atoms with E-state index in [1.807, 2.05) is 48.5 Å². The van der Waals surface area contributed by atoms with Gasteiger partial charge in [-0.1, -0.05) is 163 Å². The fourth-order valence-electron chi connectivity index (χ4n) is 5.98. The highest BCUT2D eigenvalue weighted by molar-refractivity contribution is 6.22. The molecule has 0 atom stereocenters. The van der Waals surface area contributed by atoms with Crippen molar-refractivity contribution >= 4 is 43.1 Å². The first kappa shape index (κ1) is 13.6. The average Bonchev–Trinajstić information content (AvgIpc) is 3.30. The molecule has 214 valence electrons. The minimum atomic E-state index is -0.835. The van der Waals surface area contributed by atoms with Crippen molar-refractivity contribution < 1.29 is 26.0 Å². The molecule has 9 rings (SSSR count). The zero-order chi connectivity index (χ0) is 47.0. The smallest absolute Gasteiger partial charge is 0.0622 e. The van der Waals surface area contributed by atoms with Gasteiger partial charge in [-0.25, -0.2) is 0 Å². The summed E-state index contributed by atoms with van der Waals surface area (Å²) >= 11 is 0. The molecule has 0 spiro atoms. The quantitative estimate of drug-likeness (QED) is 0.176. The second kappa shape index (κ2) is 10.9. The standard InChI is InChI=1S/C46H30/c1-2-12-31(13-3-1)35-26-27-43-44(30-35)46(38-25-24-32-14-4-5-16-34(32)28-38)42-22-9-8-21-41(42)45(43)37-19-10-18-36(29-37)40-23-11-17-33-15-6-7-20-39(33)40/h1-30H/i1D,2D,3D,4D,5D,8D,9D,12D,13D,14D,16D,21D,22D,24D,25D,26D,27D,28D,30D. The van der Waals surface area contributed by atoms with Gasteiger partial charge in [-0.2, -0.15) is 0 Å². The second-order valence-corrected chi connectivity index (χ2v) is 10.6. The number of rotatable bonds is 4.